The van der Waals surface area contributed by atoms with Crippen LogP contribution in [0.15, 0.2) is 0 Å². The first-order chi connectivity index (χ1) is 8.36. The second kappa shape index (κ2) is 10.2. The average Bonchev–Trinajstić information content (AvgIpc) is 2.39. The third kappa shape index (κ3) is 7.32. The molecule has 0 bridgehead atoms. The van der Waals surface area contributed by atoms with Crippen LogP contribution < -0.4 is 5.32 Å². The molecule has 2 nitrogen and oxygen atoms in total. The highest BCUT2D eigenvalue weighted by Gasteiger charge is 2.12. The number of nitrogens with zero attached hydrogens (tertiary/aromatic N) is 1. The Balaban J connectivity index is 1.86. The Morgan fingerprint density at radius 2 is 1.82 bits per heavy atom. The van der Waals surface area contributed by atoms with Crippen molar-refractivity contribution in [1.82, 2.24) is 10.2 Å². The largest absolute Gasteiger partial charge is 0.317 e. The highest BCUT2D eigenvalue weighted by Crippen LogP contribution is 2.24. The summed E-state index contributed by atoms with van der Waals surface area (Å²) >= 11 is 2.13. The van der Waals surface area contributed by atoms with Crippen LogP contribution in [0.2, 0.25) is 0 Å². The van der Waals surface area contributed by atoms with Crippen molar-refractivity contribution in [3.05, 3.63) is 0 Å². The zero-order valence-electron chi connectivity index (χ0n) is 11.7. The molecular weight excluding hydrogens is 228 g/mol. The molecule has 1 rings (SSSR count). The van der Waals surface area contributed by atoms with Gasteiger partial charge >= 0.3 is 0 Å². The number of rotatable bonds is 9. The number of nitrogens with one attached hydrogen (secondary N) is 1. The van der Waals surface area contributed by atoms with E-state index < -0.39 is 0 Å². The van der Waals surface area contributed by atoms with Crippen LogP contribution in [-0.2, 0) is 0 Å². The van der Waals surface area contributed by atoms with E-state index in [1.807, 2.05) is 0 Å². The van der Waals surface area contributed by atoms with Crippen LogP contribution in [0.5, 0.6) is 0 Å². The van der Waals surface area contributed by atoms with Crippen molar-refractivity contribution in [2.24, 2.45) is 5.92 Å². The SMILES string of the molecule is CCN(CC)CCCNCCC1CCSCC1. The molecule has 17 heavy (non-hydrogen) atoms. The Morgan fingerprint density at radius 1 is 1.12 bits per heavy atom. The fourth-order valence-corrected chi connectivity index (χ4v) is 3.64. The molecular formula is C14H30N2S. The molecule has 0 aliphatic carbocycles. The minimum Gasteiger partial charge on any atom is -0.317 e. The van der Waals surface area contributed by atoms with E-state index in [4.69, 9.17) is 0 Å². The van der Waals surface area contributed by atoms with Gasteiger partial charge in [-0.2, -0.15) is 11.8 Å². The van der Waals surface area contributed by atoms with Crippen LogP contribution in [0, 0.1) is 5.92 Å². The number of thioether (sulfide) groups is 1. The van der Waals surface area contributed by atoms with Gasteiger partial charge in [0.05, 0.1) is 0 Å². The molecule has 1 saturated heterocycles. The molecule has 1 heterocycles. The predicted molar refractivity (Wildman–Crippen MR) is 79.9 cm³/mol. The molecule has 0 atom stereocenters. The summed E-state index contributed by atoms with van der Waals surface area (Å²) < 4.78 is 0. The molecule has 0 unspecified atom stereocenters. The van der Waals surface area contributed by atoms with Crippen molar-refractivity contribution in [3.8, 4) is 0 Å². The van der Waals surface area contributed by atoms with E-state index in [0.29, 0.717) is 0 Å². The lowest BCUT2D eigenvalue weighted by Crippen LogP contribution is -2.28. The topological polar surface area (TPSA) is 15.3 Å². The molecule has 0 spiro atoms. The van der Waals surface area contributed by atoms with E-state index in [0.717, 1.165) is 5.92 Å². The standard InChI is InChI=1S/C14H30N2S/c1-3-16(4-2)11-5-9-15-10-6-14-7-12-17-13-8-14/h14-15H,3-13H2,1-2H3. The molecule has 0 aromatic carbocycles. The van der Waals surface area contributed by atoms with Gasteiger partial charge in [-0.25, -0.2) is 0 Å². The van der Waals surface area contributed by atoms with Crippen LogP contribution in [0.25, 0.3) is 0 Å². The van der Waals surface area contributed by atoms with Gasteiger partial charge in [0.15, 0.2) is 0 Å². The number of hydrogen-bond acceptors (Lipinski definition) is 3. The quantitative estimate of drug-likeness (QED) is 0.640. The first-order valence-corrected chi connectivity index (χ1v) is 8.53. The van der Waals surface area contributed by atoms with Gasteiger partial charge in [-0.15, -0.1) is 0 Å². The van der Waals surface area contributed by atoms with E-state index in [-0.39, 0.29) is 0 Å². The minimum absolute atomic E-state index is 1.01. The summed E-state index contributed by atoms with van der Waals surface area (Å²) in [7, 11) is 0. The zero-order chi connectivity index (χ0) is 12.3. The smallest absolute Gasteiger partial charge is 0.000687 e. The van der Waals surface area contributed by atoms with E-state index in [2.05, 4.69) is 35.8 Å². The van der Waals surface area contributed by atoms with Crippen molar-refractivity contribution in [2.75, 3.05) is 44.2 Å². The van der Waals surface area contributed by atoms with Gasteiger partial charge in [0.1, 0.15) is 0 Å². The Bertz CT molecular complexity index is 166. The van der Waals surface area contributed by atoms with Gasteiger partial charge < -0.3 is 10.2 Å². The lowest BCUT2D eigenvalue weighted by atomic mass is 9.99. The van der Waals surface area contributed by atoms with Crippen molar-refractivity contribution >= 4 is 11.8 Å². The van der Waals surface area contributed by atoms with Crippen molar-refractivity contribution in [1.29, 1.82) is 0 Å². The van der Waals surface area contributed by atoms with Gasteiger partial charge in [0, 0.05) is 0 Å². The fraction of sp³-hybridized carbons (Fsp3) is 1.00. The zero-order valence-corrected chi connectivity index (χ0v) is 12.5. The second-order valence-electron chi connectivity index (χ2n) is 4.97. The Kier molecular flexibility index (Phi) is 9.21. The summed E-state index contributed by atoms with van der Waals surface area (Å²) in [5.41, 5.74) is 0. The number of hydrogen-bond donors (Lipinski definition) is 1. The van der Waals surface area contributed by atoms with Crippen molar-refractivity contribution < 1.29 is 0 Å². The van der Waals surface area contributed by atoms with Crippen LogP contribution in [0.3, 0.4) is 0 Å². The molecule has 1 fully saturated rings. The highest BCUT2D eigenvalue weighted by molar-refractivity contribution is 7.99. The first-order valence-electron chi connectivity index (χ1n) is 7.37. The molecule has 0 aromatic rings. The molecule has 0 radical (unpaired) electrons. The van der Waals surface area contributed by atoms with Crippen molar-refractivity contribution in [2.45, 2.75) is 39.5 Å². The average molecular weight is 258 g/mol. The fourth-order valence-electron chi connectivity index (χ4n) is 2.43. The molecule has 0 saturated carbocycles. The molecule has 0 aromatic heterocycles. The normalized spacial score (nSPS) is 17.8. The molecule has 1 aliphatic heterocycles. The van der Waals surface area contributed by atoms with Gasteiger partial charge in [0.2, 0.25) is 0 Å². The summed E-state index contributed by atoms with van der Waals surface area (Å²) in [5.74, 6) is 3.80. The van der Waals surface area contributed by atoms with Crippen LogP contribution >= 0.6 is 11.8 Å². The van der Waals surface area contributed by atoms with E-state index >= 15 is 0 Å². The van der Waals surface area contributed by atoms with Crippen LogP contribution in [0.1, 0.15) is 39.5 Å². The Labute approximate surface area is 112 Å². The monoisotopic (exact) mass is 258 g/mol. The van der Waals surface area contributed by atoms with E-state index in [1.54, 1.807) is 0 Å². The maximum Gasteiger partial charge on any atom is -0.000687 e. The van der Waals surface area contributed by atoms with Crippen LogP contribution in [0.4, 0.5) is 0 Å². The summed E-state index contributed by atoms with van der Waals surface area (Å²) in [6, 6.07) is 0. The van der Waals surface area contributed by atoms with Gasteiger partial charge in [0.25, 0.3) is 0 Å². The molecule has 3 heteroatoms. The summed E-state index contributed by atoms with van der Waals surface area (Å²) in [5, 5.41) is 3.60. The third-order valence-corrected chi connectivity index (χ3v) is 4.84. The summed E-state index contributed by atoms with van der Waals surface area (Å²) in [6.07, 6.45) is 5.59. The van der Waals surface area contributed by atoms with Crippen molar-refractivity contribution in [3.63, 3.8) is 0 Å². The van der Waals surface area contributed by atoms with Crippen LogP contribution in [-0.4, -0.2) is 49.1 Å². The predicted octanol–water partition coefficient (Wildman–Crippen LogP) is 2.84. The Morgan fingerprint density at radius 3 is 2.47 bits per heavy atom. The lowest BCUT2D eigenvalue weighted by Gasteiger charge is -2.21. The van der Waals surface area contributed by atoms with Gasteiger partial charge in [-0.05, 0) is 75.8 Å². The molecule has 0 amide bonds. The maximum absolute atomic E-state index is 3.60. The van der Waals surface area contributed by atoms with Gasteiger partial charge in [-0.3, -0.25) is 0 Å². The molecule has 102 valence electrons. The molecule has 1 aliphatic rings. The lowest BCUT2D eigenvalue weighted by molar-refractivity contribution is 0.297. The Hall–Kier alpha value is 0.270. The first kappa shape index (κ1) is 15.3. The minimum atomic E-state index is 1.01. The summed E-state index contributed by atoms with van der Waals surface area (Å²) in [6.45, 7) is 10.5. The second-order valence-corrected chi connectivity index (χ2v) is 6.20. The van der Waals surface area contributed by atoms with E-state index in [9.17, 15) is 0 Å². The van der Waals surface area contributed by atoms with Gasteiger partial charge in [-0.1, -0.05) is 13.8 Å². The third-order valence-electron chi connectivity index (χ3n) is 3.79. The highest BCUT2D eigenvalue weighted by atomic mass is 32.2. The molecule has 1 N–H and O–H groups in total. The summed E-state index contributed by atoms with van der Waals surface area (Å²) in [4.78, 5) is 2.50. The van der Waals surface area contributed by atoms with E-state index in [1.165, 1.54) is 69.9 Å². The maximum atomic E-state index is 3.60.